The Balaban J connectivity index is 0.000000103. The summed E-state index contributed by atoms with van der Waals surface area (Å²) < 4.78 is 14.7. The zero-order chi connectivity index (χ0) is 92.0. The first kappa shape index (κ1) is 79.9. The van der Waals surface area contributed by atoms with Crippen molar-refractivity contribution in [2.24, 2.45) is 0 Å². The van der Waals surface area contributed by atoms with E-state index in [1.54, 1.807) is 0 Å². The van der Waals surface area contributed by atoms with Crippen LogP contribution in [0.1, 0.15) is 0 Å². The van der Waals surface area contributed by atoms with Gasteiger partial charge in [-0.3, -0.25) is 0 Å². The van der Waals surface area contributed by atoms with Gasteiger partial charge >= 0.3 is 0 Å². The molecule has 6 heteroatoms. The average Bonchev–Trinajstić information content (AvgIpc) is 1.57. The monoisotopic (exact) mass is 1780 g/mol. The number of hydrogen-bond acceptors (Lipinski definition) is 0. The summed E-state index contributed by atoms with van der Waals surface area (Å²) in [5, 5.41) is 29.3. The van der Waals surface area contributed by atoms with Crippen molar-refractivity contribution in [3.63, 3.8) is 0 Å². The van der Waals surface area contributed by atoms with Crippen molar-refractivity contribution in [2.45, 2.75) is 0 Å². The van der Waals surface area contributed by atoms with E-state index in [1.165, 1.54) is 235 Å². The van der Waals surface area contributed by atoms with Crippen LogP contribution < -0.4 is 0 Å². The highest BCUT2D eigenvalue weighted by atomic mass is 15.0. The van der Waals surface area contributed by atoms with Crippen LogP contribution in [-0.2, 0) is 0 Å². The maximum absolute atomic E-state index is 2.52. The van der Waals surface area contributed by atoms with Crippen LogP contribution in [0.2, 0.25) is 0 Å². The standard InChI is InChI=1S/2C46H30N2.C42H26N2/c1-3-14-31(15-4-1)45-30-42-44(47(45)34-18-5-2-6-19-34)27-26-40-39-24-11-12-25-43(39)48(46(40)42)35-20-13-17-32(28-35)41-29-33-16-7-8-21-36(33)37-22-9-10-23-38(37)41;1-3-13-32(14-4-1)45-30-42-44(47(45)34-16-5-2-6-17-34)28-27-40-39-21-11-12-22-43(39)48(46(40)42)35-25-23-31(24-26-35)41-29-33-15-7-8-18-36(33)37-19-9-10-20-38(37)41;1-3-10-27(11-4-1)39-26-35-38(43(39)31-14-5-2-6-15-31)25-23-33-32-16-7-8-17-36(32)44(42(33)35)37-24-21-30-19-18-28-12-9-13-29-20-22-34(37)41(30)40(28)29/h2*1-30H;1-26H. The van der Waals surface area contributed by atoms with E-state index in [0.717, 1.165) is 28.4 Å². The van der Waals surface area contributed by atoms with Crippen LogP contribution in [0, 0.1) is 0 Å². The Morgan fingerprint density at radius 1 is 0.121 bits per heavy atom. The molecule has 0 radical (unpaired) electrons. The third kappa shape index (κ3) is 12.7. The maximum Gasteiger partial charge on any atom is 0.0635 e. The van der Waals surface area contributed by atoms with Gasteiger partial charge in [0.25, 0.3) is 0 Å². The van der Waals surface area contributed by atoms with Crippen molar-refractivity contribution in [2.75, 3.05) is 0 Å². The molecule has 0 saturated heterocycles. The number of benzene rings is 24. The average molecular weight is 1780 g/mol. The van der Waals surface area contributed by atoms with Gasteiger partial charge in [-0.05, 0) is 242 Å². The van der Waals surface area contributed by atoms with Crippen LogP contribution in [-0.4, -0.2) is 27.4 Å². The Kier molecular flexibility index (Phi) is 18.6. The second kappa shape index (κ2) is 32.6. The number of nitrogens with zero attached hydrogens (tertiary/aromatic N) is 6. The van der Waals surface area contributed by atoms with Crippen LogP contribution in [0.5, 0.6) is 0 Å². The first-order valence-corrected chi connectivity index (χ1v) is 48.3. The molecule has 0 amide bonds. The van der Waals surface area contributed by atoms with Crippen LogP contribution >= 0.6 is 0 Å². The molecule has 0 N–H and O–H groups in total. The van der Waals surface area contributed by atoms with E-state index in [4.69, 9.17) is 0 Å². The lowest BCUT2D eigenvalue weighted by molar-refractivity contribution is 1.13. The predicted octanol–water partition coefficient (Wildman–Crippen LogP) is 36.0. The second-order valence-electron chi connectivity index (χ2n) is 36.9. The lowest BCUT2D eigenvalue weighted by atomic mass is 9.93. The molecule has 0 fully saturated rings. The molecule has 6 heterocycles. The van der Waals surface area contributed by atoms with Crippen molar-refractivity contribution < 1.29 is 0 Å². The van der Waals surface area contributed by atoms with E-state index in [-0.39, 0.29) is 0 Å². The summed E-state index contributed by atoms with van der Waals surface area (Å²) in [6, 6.07) is 190. The topological polar surface area (TPSA) is 29.6 Å². The van der Waals surface area contributed by atoms with Gasteiger partial charge < -0.3 is 27.4 Å². The quantitative estimate of drug-likeness (QED) is 0.116. The largest absolute Gasteiger partial charge is 0.309 e. The predicted molar refractivity (Wildman–Crippen MR) is 594 cm³/mol. The molecule has 30 rings (SSSR count). The van der Waals surface area contributed by atoms with Crippen LogP contribution in [0.25, 0.3) is 264 Å². The van der Waals surface area contributed by atoms with Gasteiger partial charge in [0.05, 0.1) is 72.4 Å². The van der Waals surface area contributed by atoms with Gasteiger partial charge in [-0.2, -0.15) is 0 Å². The summed E-state index contributed by atoms with van der Waals surface area (Å²) in [7, 11) is 0. The zero-order valence-electron chi connectivity index (χ0n) is 76.3. The molecule has 652 valence electrons. The molecule has 140 heavy (non-hydrogen) atoms. The number of aromatic nitrogens is 6. The molecule has 30 aromatic rings. The first-order valence-electron chi connectivity index (χ1n) is 48.3. The number of para-hydroxylation sites is 6. The molecule has 6 aromatic heterocycles. The van der Waals surface area contributed by atoms with Crippen LogP contribution in [0.3, 0.4) is 0 Å². The molecule has 0 aliphatic carbocycles. The van der Waals surface area contributed by atoms with Crippen LogP contribution in [0.15, 0.2) is 522 Å². The Bertz CT molecular complexity index is 10100. The van der Waals surface area contributed by atoms with E-state index >= 15 is 0 Å². The Hall–Kier alpha value is -18.6. The van der Waals surface area contributed by atoms with E-state index in [0.29, 0.717) is 0 Å². The van der Waals surface area contributed by atoms with Gasteiger partial charge in [0.2, 0.25) is 0 Å². The highest BCUT2D eigenvalue weighted by Crippen LogP contribution is 2.49. The fourth-order valence-corrected chi connectivity index (χ4v) is 23.1. The Morgan fingerprint density at radius 2 is 0.414 bits per heavy atom. The summed E-state index contributed by atoms with van der Waals surface area (Å²) in [5.74, 6) is 0. The van der Waals surface area contributed by atoms with Gasteiger partial charge in [0.15, 0.2) is 0 Å². The number of fused-ring (bicyclic) bond motifs is 21. The van der Waals surface area contributed by atoms with Crippen molar-refractivity contribution in [3.8, 4) is 90.2 Å². The smallest absolute Gasteiger partial charge is 0.0635 e. The molecule has 6 nitrogen and oxygen atoms in total. The third-order valence-electron chi connectivity index (χ3n) is 29.2. The van der Waals surface area contributed by atoms with Gasteiger partial charge in [-0.25, -0.2) is 0 Å². The van der Waals surface area contributed by atoms with Gasteiger partial charge in [-0.1, -0.05) is 388 Å². The highest BCUT2D eigenvalue weighted by molar-refractivity contribution is 6.28. The van der Waals surface area contributed by atoms with E-state index < -0.39 is 0 Å². The lowest BCUT2D eigenvalue weighted by Gasteiger charge is -2.16. The fourth-order valence-electron chi connectivity index (χ4n) is 23.1. The molecule has 0 unspecified atom stereocenters. The molecule has 0 bridgehead atoms. The summed E-state index contributed by atoms with van der Waals surface area (Å²) in [6.07, 6.45) is 0. The number of rotatable bonds is 11. The maximum atomic E-state index is 2.52. The summed E-state index contributed by atoms with van der Waals surface area (Å²) in [5.41, 5.74) is 29.9. The zero-order valence-corrected chi connectivity index (χ0v) is 76.3. The third-order valence-corrected chi connectivity index (χ3v) is 29.2. The Labute approximate surface area is 807 Å². The lowest BCUT2D eigenvalue weighted by Crippen LogP contribution is -1.98. The van der Waals surface area contributed by atoms with Crippen molar-refractivity contribution in [1.29, 1.82) is 0 Å². The molecule has 0 aliphatic rings. The molecule has 0 aliphatic heterocycles. The Morgan fingerprint density at radius 3 is 0.857 bits per heavy atom. The van der Waals surface area contributed by atoms with E-state index in [2.05, 4.69) is 549 Å². The van der Waals surface area contributed by atoms with Crippen molar-refractivity contribution in [1.82, 2.24) is 27.4 Å². The van der Waals surface area contributed by atoms with Gasteiger partial charge in [0.1, 0.15) is 0 Å². The minimum atomic E-state index is 1.15. The van der Waals surface area contributed by atoms with Gasteiger partial charge in [-0.15, -0.1) is 0 Å². The molecule has 0 atom stereocenters. The molecule has 0 spiro atoms. The van der Waals surface area contributed by atoms with Crippen LogP contribution in [0.4, 0.5) is 0 Å². The van der Waals surface area contributed by atoms with Crippen molar-refractivity contribution in [3.05, 3.63) is 522 Å². The normalized spacial score (nSPS) is 11.9. The molecule has 0 saturated carbocycles. The molecule has 24 aromatic carbocycles. The van der Waals surface area contributed by atoms with E-state index in [9.17, 15) is 0 Å². The molecular weight excluding hydrogens is 1690 g/mol. The summed E-state index contributed by atoms with van der Waals surface area (Å²) in [6.45, 7) is 0. The van der Waals surface area contributed by atoms with Gasteiger partial charge in [0, 0.05) is 82.3 Å². The molecular formula is C134H86N6. The summed E-state index contributed by atoms with van der Waals surface area (Å²) in [4.78, 5) is 0. The van der Waals surface area contributed by atoms with E-state index in [1.807, 2.05) is 0 Å². The SMILES string of the molecule is c1ccc(-c2cc3c(ccc4c5ccccc5n(-c5ccc(-c6cc7ccccc7c7ccccc67)cc5)c43)n2-c2ccccc2)cc1.c1ccc(-c2cc3c(ccc4c5ccccc5n(-c5ccc6ccc7cccc8ccc5c6c78)c43)n2-c2ccccc2)cc1.c1ccc(-c2cc3c(ccc4c5ccccc5n(-c5cccc(-c6cc7ccccc7c7ccccc67)c5)c43)n2-c2ccccc2)cc1. The minimum Gasteiger partial charge on any atom is -0.309 e. The minimum absolute atomic E-state index is 1.15. The van der Waals surface area contributed by atoms with Crippen molar-refractivity contribution >= 4 is 174 Å². The fraction of sp³-hybridized carbons (Fsp3) is 0. The highest BCUT2D eigenvalue weighted by Gasteiger charge is 2.27. The number of hydrogen-bond donors (Lipinski definition) is 0. The first-order chi connectivity index (χ1) is 69.5. The second-order valence-corrected chi connectivity index (χ2v) is 36.9. The summed E-state index contributed by atoms with van der Waals surface area (Å²) >= 11 is 0.